The van der Waals surface area contributed by atoms with E-state index < -0.39 is 0 Å². The molecule has 0 amide bonds. The van der Waals surface area contributed by atoms with Gasteiger partial charge in [-0.3, -0.25) is 0 Å². The Balaban J connectivity index is 2.05. The first kappa shape index (κ1) is 12.8. The molecule has 1 aromatic heterocycles. The van der Waals surface area contributed by atoms with Crippen LogP contribution in [0.1, 0.15) is 27.7 Å². The third-order valence-electron chi connectivity index (χ3n) is 5.43. The molecular weight excluding hydrogens is 258 g/mol. The number of benzene rings is 1. The van der Waals surface area contributed by atoms with Crippen LogP contribution in [0.25, 0.3) is 11.0 Å². The van der Waals surface area contributed by atoms with Gasteiger partial charge in [-0.15, -0.1) is 0 Å². The summed E-state index contributed by atoms with van der Waals surface area (Å²) in [4.78, 5) is 4.41. The molecule has 0 bridgehead atoms. The van der Waals surface area contributed by atoms with Gasteiger partial charge in [0.2, 0.25) is 5.95 Å². The number of hydrogen-bond donors (Lipinski definition) is 1. The van der Waals surface area contributed by atoms with Crippen molar-refractivity contribution in [2.75, 3.05) is 5.73 Å². The van der Waals surface area contributed by atoms with Crippen LogP contribution in [0.15, 0.2) is 18.2 Å². The Hall–Kier alpha value is -1.22. The van der Waals surface area contributed by atoms with E-state index in [1.165, 1.54) is 0 Å². The van der Waals surface area contributed by atoms with Crippen molar-refractivity contribution in [2.24, 2.45) is 16.7 Å². The fourth-order valence-electron chi connectivity index (χ4n) is 3.32. The van der Waals surface area contributed by atoms with Gasteiger partial charge in [0, 0.05) is 6.54 Å². The molecule has 1 aliphatic rings. The number of rotatable bonds is 2. The largest absolute Gasteiger partial charge is 0.369 e. The van der Waals surface area contributed by atoms with Gasteiger partial charge in [0.15, 0.2) is 0 Å². The number of nitrogens with zero attached hydrogens (tertiary/aromatic N) is 2. The van der Waals surface area contributed by atoms with Crippen molar-refractivity contribution in [3.8, 4) is 0 Å². The Kier molecular flexibility index (Phi) is 2.47. The normalized spacial score (nSPS) is 20.9. The van der Waals surface area contributed by atoms with Crippen LogP contribution in [0.2, 0.25) is 5.02 Å². The quantitative estimate of drug-likeness (QED) is 0.903. The maximum atomic E-state index is 6.31. The van der Waals surface area contributed by atoms with Crippen molar-refractivity contribution in [1.82, 2.24) is 9.55 Å². The first-order valence-electron chi connectivity index (χ1n) is 6.67. The zero-order valence-electron chi connectivity index (χ0n) is 11.9. The first-order valence-corrected chi connectivity index (χ1v) is 7.05. The van der Waals surface area contributed by atoms with Crippen LogP contribution < -0.4 is 5.73 Å². The molecular formula is C15H20ClN3. The Morgan fingerprint density at radius 1 is 1.26 bits per heavy atom. The van der Waals surface area contributed by atoms with E-state index in [0.717, 1.165) is 22.6 Å². The second-order valence-corrected chi connectivity index (χ2v) is 7.09. The molecule has 1 aliphatic carbocycles. The van der Waals surface area contributed by atoms with Crippen molar-refractivity contribution >= 4 is 28.6 Å². The molecule has 1 saturated carbocycles. The lowest BCUT2D eigenvalue weighted by atomic mass is 10.0. The number of aromatic nitrogens is 2. The molecule has 0 aliphatic heterocycles. The Morgan fingerprint density at radius 2 is 1.89 bits per heavy atom. The van der Waals surface area contributed by atoms with E-state index in [1.54, 1.807) is 0 Å². The zero-order valence-corrected chi connectivity index (χ0v) is 12.6. The number of nitrogens with two attached hydrogens (primary N) is 1. The molecule has 3 nitrogen and oxygen atoms in total. The molecule has 19 heavy (non-hydrogen) atoms. The average Bonchev–Trinajstić information content (AvgIpc) is 2.58. The predicted octanol–water partition coefficient (Wildman–Crippen LogP) is 3.95. The second-order valence-electron chi connectivity index (χ2n) is 6.68. The zero-order chi connectivity index (χ0) is 14.0. The number of fused-ring (bicyclic) bond motifs is 1. The van der Waals surface area contributed by atoms with E-state index >= 15 is 0 Å². The lowest BCUT2D eigenvalue weighted by Gasteiger charge is -2.08. The summed E-state index contributed by atoms with van der Waals surface area (Å²) in [5.41, 5.74) is 8.56. The molecule has 1 fully saturated rings. The molecule has 0 spiro atoms. The number of hydrogen-bond acceptors (Lipinski definition) is 2. The van der Waals surface area contributed by atoms with Crippen LogP contribution in [0.3, 0.4) is 0 Å². The van der Waals surface area contributed by atoms with Crippen molar-refractivity contribution in [3.05, 3.63) is 23.2 Å². The van der Waals surface area contributed by atoms with Gasteiger partial charge in [0.25, 0.3) is 0 Å². The van der Waals surface area contributed by atoms with Crippen molar-refractivity contribution in [3.63, 3.8) is 0 Å². The Morgan fingerprint density at radius 3 is 2.47 bits per heavy atom. The molecule has 2 aromatic rings. The average molecular weight is 278 g/mol. The summed E-state index contributed by atoms with van der Waals surface area (Å²) in [6.45, 7) is 10.1. The molecule has 102 valence electrons. The summed E-state index contributed by atoms with van der Waals surface area (Å²) in [5.74, 6) is 1.15. The van der Waals surface area contributed by atoms with Crippen molar-refractivity contribution < 1.29 is 0 Å². The van der Waals surface area contributed by atoms with Crippen LogP contribution in [0.4, 0.5) is 5.95 Å². The maximum Gasteiger partial charge on any atom is 0.201 e. The lowest BCUT2D eigenvalue weighted by molar-refractivity contribution is 0.457. The van der Waals surface area contributed by atoms with Gasteiger partial charge in [-0.2, -0.15) is 0 Å². The van der Waals surface area contributed by atoms with E-state index in [0.29, 0.717) is 22.7 Å². The maximum absolute atomic E-state index is 6.31. The van der Waals surface area contributed by atoms with Gasteiger partial charge in [0.05, 0.1) is 16.1 Å². The van der Waals surface area contributed by atoms with Gasteiger partial charge in [0.1, 0.15) is 0 Å². The number of anilines is 1. The summed E-state index contributed by atoms with van der Waals surface area (Å²) in [5, 5.41) is 0.720. The molecule has 0 atom stereocenters. The lowest BCUT2D eigenvalue weighted by Crippen LogP contribution is -2.08. The third-order valence-corrected chi connectivity index (χ3v) is 5.74. The van der Waals surface area contributed by atoms with E-state index in [4.69, 9.17) is 17.3 Å². The second kappa shape index (κ2) is 3.66. The Bertz CT molecular complexity index is 641. The van der Waals surface area contributed by atoms with E-state index in [-0.39, 0.29) is 0 Å². The minimum atomic E-state index is 0.331. The smallest absolute Gasteiger partial charge is 0.201 e. The van der Waals surface area contributed by atoms with Gasteiger partial charge >= 0.3 is 0 Å². The fraction of sp³-hybridized carbons (Fsp3) is 0.533. The van der Waals surface area contributed by atoms with Crippen molar-refractivity contribution in [1.29, 1.82) is 0 Å². The minimum absolute atomic E-state index is 0.331. The van der Waals surface area contributed by atoms with E-state index in [9.17, 15) is 0 Å². The monoisotopic (exact) mass is 277 g/mol. The van der Waals surface area contributed by atoms with Crippen LogP contribution in [-0.2, 0) is 6.54 Å². The highest BCUT2D eigenvalue weighted by molar-refractivity contribution is 6.35. The molecule has 0 radical (unpaired) electrons. The molecule has 1 aromatic carbocycles. The van der Waals surface area contributed by atoms with Crippen LogP contribution in [0.5, 0.6) is 0 Å². The summed E-state index contributed by atoms with van der Waals surface area (Å²) >= 11 is 6.31. The highest BCUT2D eigenvalue weighted by atomic mass is 35.5. The minimum Gasteiger partial charge on any atom is -0.369 e. The molecule has 3 rings (SSSR count). The van der Waals surface area contributed by atoms with Gasteiger partial charge in [-0.1, -0.05) is 45.4 Å². The standard InChI is InChI=1S/C15H20ClN3/c1-14(2)11(15(14,3)4)8-19-12-9(16)6-5-7-10(12)18-13(19)17/h5-7,11H,8H2,1-4H3,(H2,17,18). The summed E-state index contributed by atoms with van der Waals surface area (Å²) < 4.78 is 2.07. The third kappa shape index (κ3) is 1.61. The Labute approximate surface area is 118 Å². The number of imidazole rings is 1. The van der Waals surface area contributed by atoms with Gasteiger partial charge in [-0.25, -0.2) is 4.98 Å². The highest BCUT2D eigenvalue weighted by Crippen LogP contribution is 2.69. The fourth-order valence-corrected chi connectivity index (χ4v) is 3.59. The van der Waals surface area contributed by atoms with E-state index in [1.807, 2.05) is 18.2 Å². The van der Waals surface area contributed by atoms with Crippen LogP contribution in [-0.4, -0.2) is 9.55 Å². The van der Waals surface area contributed by atoms with Crippen LogP contribution >= 0.6 is 11.6 Å². The number of nitrogen functional groups attached to an aromatic ring is 1. The molecule has 1 heterocycles. The first-order chi connectivity index (χ1) is 8.76. The number of halogens is 1. The number of para-hydroxylation sites is 1. The van der Waals surface area contributed by atoms with E-state index in [2.05, 4.69) is 37.2 Å². The SMILES string of the molecule is CC1(C)C(Cn2c(N)nc3cccc(Cl)c32)C1(C)C. The highest BCUT2D eigenvalue weighted by Gasteiger charge is 2.64. The molecule has 0 saturated heterocycles. The van der Waals surface area contributed by atoms with Crippen molar-refractivity contribution in [2.45, 2.75) is 34.2 Å². The summed E-state index contributed by atoms with van der Waals surface area (Å²) in [6.07, 6.45) is 0. The summed E-state index contributed by atoms with van der Waals surface area (Å²) in [7, 11) is 0. The molecule has 4 heteroatoms. The summed E-state index contributed by atoms with van der Waals surface area (Å²) in [6, 6.07) is 5.76. The van der Waals surface area contributed by atoms with Crippen LogP contribution in [0, 0.1) is 16.7 Å². The van der Waals surface area contributed by atoms with Gasteiger partial charge in [-0.05, 0) is 28.9 Å². The molecule has 2 N–H and O–H groups in total. The topological polar surface area (TPSA) is 43.8 Å². The van der Waals surface area contributed by atoms with Gasteiger partial charge < -0.3 is 10.3 Å². The molecule has 0 unspecified atom stereocenters. The predicted molar refractivity (Wildman–Crippen MR) is 80.2 cm³/mol.